The normalized spacial score (nSPS) is 12.8. The maximum Gasteiger partial charge on any atom is 0.305 e. The van der Waals surface area contributed by atoms with Gasteiger partial charge in [0.05, 0.1) is 25.4 Å². The molecule has 0 aromatic heterocycles. The summed E-state index contributed by atoms with van der Waals surface area (Å²) in [6, 6.07) is -0.564. The fourth-order valence-electron chi connectivity index (χ4n) is 8.81. The Morgan fingerprint density at radius 1 is 0.422 bits per heavy atom. The molecule has 0 aliphatic carbocycles. The fourth-order valence-corrected chi connectivity index (χ4v) is 8.81. The zero-order valence-electron chi connectivity index (χ0n) is 43.0. The second kappa shape index (κ2) is 54.0. The highest BCUT2D eigenvalue weighted by atomic mass is 16.5. The van der Waals surface area contributed by atoms with E-state index in [1.54, 1.807) is 0 Å². The molecule has 0 aliphatic heterocycles. The second-order valence-electron chi connectivity index (χ2n) is 19.6. The molecule has 2 unspecified atom stereocenters. The molecule has 0 heterocycles. The number of unbranched alkanes of at least 4 members (excludes halogenated alkanes) is 38. The third-order valence-corrected chi connectivity index (χ3v) is 13.2. The Bertz CT molecular complexity index is 997. The summed E-state index contributed by atoms with van der Waals surface area (Å²) in [7, 11) is 0. The first-order valence-corrected chi connectivity index (χ1v) is 28.6. The highest BCUT2D eigenvalue weighted by molar-refractivity contribution is 5.76. The molecule has 2 atom stereocenters. The molecule has 0 aromatic rings. The van der Waals surface area contributed by atoms with E-state index in [1.165, 1.54) is 193 Å². The van der Waals surface area contributed by atoms with Gasteiger partial charge in [-0.15, -0.1) is 0 Å². The van der Waals surface area contributed by atoms with E-state index in [0.717, 1.165) is 83.5 Å². The van der Waals surface area contributed by atoms with Gasteiger partial charge in [-0.2, -0.15) is 0 Å². The van der Waals surface area contributed by atoms with Crippen LogP contribution < -0.4 is 5.32 Å². The molecule has 0 spiro atoms. The number of amides is 1. The van der Waals surface area contributed by atoms with E-state index in [9.17, 15) is 19.8 Å². The van der Waals surface area contributed by atoms with E-state index in [2.05, 4.69) is 43.5 Å². The molecular formula is C58H111NO5. The number of nitrogens with one attached hydrogen (secondary N) is 1. The third-order valence-electron chi connectivity index (χ3n) is 13.2. The summed E-state index contributed by atoms with van der Waals surface area (Å²) in [6.07, 6.45) is 64.5. The van der Waals surface area contributed by atoms with Crippen molar-refractivity contribution >= 4 is 11.9 Å². The van der Waals surface area contributed by atoms with Crippen LogP contribution in [0.1, 0.15) is 309 Å². The summed E-state index contributed by atoms with van der Waals surface area (Å²) in [6.45, 7) is 4.88. The van der Waals surface area contributed by atoms with Gasteiger partial charge in [0.15, 0.2) is 0 Å². The number of ether oxygens (including phenoxy) is 1. The molecule has 0 rings (SSSR count). The number of esters is 1. The van der Waals surface area contributed by atoms with Crippen molar-refractivity contribution in [2.45, 2.75) is 321 Å². The Hall–Kier alpha value is -1.66. The summed E-state index contributed by atoms with van der Waals surface area (Å²) < 4.78 is 5.43. The van der Waals surface area contributed by atoms with Gasteiger partial charge in [-0.3, -0.25) is 9.59 Å². The molecule has 378 valence electrons. The molecule has 64 heavy (non-hydrogen) atoms. The Kier molecular flexibility index (Phi) is 52.6. The number of carbonyl (C=O) groups excluding carboxylic acids is 2. The minimum absolute atomic E-state index is 0.0390. The van der Waals surface area contributed by atoms with Gasteiger partial charge in [0, 0.05) is 12.8 Å². The standard InChI is InChI=1S/C58H111NO5/c1-3-5-7-9-11-13-15-17-19-20-21-22-23-24-25-26-27-30-34-38-42-46-50-56(61)55(54-60)59-57(62)51-47-43-39-35-31-29-33-37-41-45-49-53-64-58(63)52-48-44-40-36-32-28-18-16-14-12-10-8-6-4-2/h16,18,33,37,55-56,60-61H,3-15,17,19-32,34-36,38-54H2,1-2H3,(H,59,62)/b18-16-,37-33-. The number of hydrogen-bond acceptors (Lipinski definition) is 5. The van der Waals surface area contributed by atoms with Gasteiger partial charge < -0.3 is 20.3 Å². The molecule has 6 nitrogen and oxygen atoms in total. The monoisotopic (exact) mass is 902 g/mol. The van der Waals surface area contributed by atoms with Crippen molar-refractivity contribution in [2.24, 2.45) is 0 Å². The predicted octanol–water partition coefficient (Wildman–Crippen LogP) is 17.5. The van der Waals surface area contributed by atoms with Crippen LogP contribution >= 0.6 is 0 Å². The van der Waals surface area contributed by atoms with Crippen LogP contribution in [-0.4, -0.2) is 47.4 Å². The van der Waals surface area contributed by atoms with Crippen molar-refractivity contribution in [3.8, 4) is 0 Å². The number of allylic oxidation sites excluding steroid dienone is 4. The number of hydrogen-bond donors (Lipinski definition) is 3. The molecule has 0 aliphatic rings. The lowest BCUT2D eigenvalue weighted by Crippen LogP contribution is -2.45. The molecule has 0 aromatic carbocycles. The van der Waals surface area contributed by atoms with Crippen LogP contribution in [0.25, 0.3) is 0 Å². The maximum atomic E-state index is 12.5. The molecule has 6 heteroatoms. The quantitative estimate of drug-likeness (QED) is 0.0321. The molecule has 3 N–H and O–H groups in total. The summed E-state index contributed by atoms with van der Waals surface area (Å²) in [5.74, 6) is -0.101. The number of aliphatic hydroxyl groups is 2. The molecular weight excluding hydrogens is 791 g/mol. The van der Waals surface area contributed by atoms with Crippen LogP contribution in [-0.2, 0) is 14.3 Å². The van der Waals surface area contributed by atoms with Gasteiger partial charge in [-0.25, -0.2) is 0 Å². The summed E-state index contributed by atoms with van der Waals surface area (Å²) in [5, 5.41) is 23.3. The highest BCUT2D eigenvalue weighted by Crippen LogP contribution is 2.17. The Labute approximate surface area is 399 Å². The topological polar surface area (TPSA) is 95.9 Å². The van der Waals surface area contributed by atoms with Crippen LogP contribution in [0, 0.1) is 0 Å². The lowest BCUT2D eigenvalue weighted by molar-refractivity contribution is -0.143. The van der Waals surface area contributed by atoms with Gasteiger partial charge >= 0.3 is 5.97 Å². The molecule has 1 amide bonds. The Morgan fingerprint density at radius 2 is 0.734 bits per heavy atom. The molecule has 0 bridgehead atoms. The highest BCUT2D eigenvalue weighted by Gasteiger charge is 2.20. The predicted molar refractivity (Wildman–Crippen MR) is 278 cm³/mol. The minimum atomic E-state index is -0.684. The lowest BCUT2D eigenvalue weighted by atomic mass is 10.0. The van der Waals surface area contributed by atoms with E-state index in [1.807, 2.05) is 0 Å². The van der Waals surface area contributed by atoms with Crippen molar-refractivity contribution in [3.63, 3.8) is 0 Å². The molecule has 0 saturated carbocycles. The van der Waals surface area contributed by atoms with Gasteiger partial charge in [0.1, 0.15) is 0 Å². The second-order valence-corrected chi connectivity index (χ2v) is 19.6. The summed E-state index contributed by atoms with van der Waals surface area (Å²) in [5.41, 5.74) is 0. The number of carbonyl (C=O) groups is 2. The van der Waals surface area contributed by atoms with E-state index in [4.69, 9.17) is 4.74 Å². The Balaban J connectivity index is 3.50. The van der Waals surface area contributed by atoms with Gasteiger partial charge in [0.25, 0.3) is 0 Å². The van der Waals surface area contributed by atoms with Crippen LogP contribution in [0.2, 0.25) is 0 Å². The molecule has 0 radical (unpaired) electrons. The van der Waals surface area contributed by atoms with Gasteiger partial charge in [-0.1, -0.05) is 244 Å². The van der Waals surface area contributed by atoms with Crippen molar-refractivity contribution in [2.75, 3.05) is 13.2 Å². The number of rotatable bonds is 53. The average molecular weight is 903 g/mol. The van der Waals surface area contributed by atoms with Crippen molar-refractivity contribution in [3.05, 3.63) is 24.3 Å². The third kappa shape index (κ3) is 49.8. The maximum absolute atomic E-state index is 12.5. The van der Waals surface area contributed by atoms with E-state index in [-0.39, 0.29) is 18.5 Å². The van der Waals surface area contributed by atoms with Crippen molar-refractivity contribution in [1.82, 2.24) is 5.32 Å². The summed E-state index contributed by atoms with van der Waals surface area (Å²) in [4.78, 5) is 24.5. The van der Waals surface area contributed by atoms with Gasteiger partial charge in [0.2, 0.25) is 5.91 Å². The molecule has 0 fully saturated rings. The first-order chi connectivity index (χ1) is 31.5. The Morgan fingerprint density at radius 3 is 1.11 bits per heavy atom. The first kappa shape index (κ1) is 62.3. The van der Waals surface area contributed by atoms with Crippen LogP contribution in [0.5, 0.6) is 0 Å². The number of aliphatic hydroxyl groups excluding tert-OH is 2. The average Bonchev–Trinajstić information content (AvgIpc) is 3.29. The van der Waals surface area contributed by atoms with Crippen LogP contribution in [0.3, 0.4) is 0 Å². The van der Waals surface area contributed by atoms with Crippen molar-refractivity contribution < 1.29 is 24.5 Å². The SMILES string of the molecule is CCCCCCC/C=C\CCCCCCCC(=O)OCCCC/C=C\CCCCCCCC(=O)NC(CO)C(O)CCCCCCCCCCCCCCCCCCCCCCCC. The zero-order chi connectivity index (χ0) is 46.5. The van der Waals surface area contributed by atoms with E-state index >= 15 is 0 Å². The first-order valence-electron chi connectivity index (χ1n) is 28.6. The van der Waals surface area contributed by atoms with Gasteiger partial charge in [-0.05, 0) is 77.0 Å². The smallest absolute Gasteiger partial charge is 0.305 e. The fraction of sp³-hybridized carbons (Fsp3) is 0.897. The van der Waals surface area contributed by atoms with Crippen LogP contribution in [0.15, 0.2) is 24.3 Å². The van der Waals surface area contributed by atoms with Crippen LogP contribution in [0.4, 0.5) is 0 Å². The van der Waals surface area contributed by atoms with E-state index in [0.29, 0.717) is 25.9 Å². The minimum Gasteiger partial charge on any atom is -0.466 e. The summed E-state index contributed by atoms with van der Waals surface area (Å²) >= 11 is 0. The zero-order valence-corrected chi connectivity index (χ0v) is 43.0. The largest absolute Gasteiger partial charge is 0.466 e. The van der Waals surface area contributed by atoms with Crippen molar-refractivity contribution in [1.29, 1.82) is 0 Å². The molecule has 0 saturated heterocycles. The lowest BCUT2D eigenvalue weighted by Gasteiger charge is -2.22. The van der Waals surface area contributed by atoms with E-state index < -0.39 is 12.1 Å².